The summed E-state index contributed by atoms with van der Waals surface area (Å²) < 4.78 is -0.0204. The number of carbonyl (C=O) groups excluding carboxylic acids is 2. The maximum absolute atomic E-state index is 11.3. The van der Waals surface area contributed by atoms with E-state index in [1.54, 1.807) is 22.6 Å². The van der Waals surface area contributed by atoms with Crippen molar-refractivity contribution in [2.75, 3.05) is 13.2 Å². The van der Waals surface area contributed by atoms with Crippen LogP contribution in [0.1, 0.15) is 25.7 Å². The largest absolute Gasteiger partial charge is 0.396 e. The van der Waals surface area contributed by atoms with Crippen molar-refractivity contribution >= 4 is 32.3 Å². The molecule has 112 valence electrons. The molecular formula is C11H20INO6. The molecule has 0 saturated carbocycles. The predicted molar refractivity (Wildman–Crippen MR) is 75.6 cm³/mol. The summed E-state index contributed by atoms with van der Waals surface area (Å²) in [6.07, 6.45) is -3.12. The summed E-state index contributed by atoms with van der Waals surface area (Å²) >= 11 is 1.65. The number of aliphatic hydroxyl groups excluding tert-OH is 4. The Balaban J connectivity index is 3.85. The van der Waals surface area contributed by atoms with Gasteiger partial charge in [0.15, 0.2) is 3.79 Å². The first-order valence-corrected chi connectivity index (χ1v) is 7.06. The van der Waals surface area contributed by atoms with Gasteiger partial charge in [0.05, 0.1) is 12.2 Å². The number of rotatable bonds is 10. The summed E-state index contributed by atoms with van der Waals surface area (Å²) in [5, 5.41) is 39.3. The predicted octanol–water partition coefficient (Wildman–Crippen LogP) is -1.30. The summed E-state index contributed by atoms with van der Waals surface area (Å²) in [7, 11) is 0. The Labute approximate surface area is 125 Å². The zero-order valence-corrected chi connectivity index (χ0v) is 12.6. The number of halogens is 1. The van der Waals surface area contributed by atoms with E-state index in [9.17, 15) is 24.9 Å². The fraction of sp³-hybridized carbons (Fsp3) is 0.818. The van der Waals surface area contributed by atoms with Crippen LogP contribution in [-0.2, 0) is 9.59 Å². The van der Waals surface area contributed by atoms with Crippen LogP contribution in [0.3, 0.4) is 0 Å². The third-order valence-electron chi connectivity index (χ3n) is 2.50. The summed E-state index contributed by atoms with van der Waals surface area (Å²) in [5.74, 6) is -0.333. The lowest BCUT2D eigenvalue weighted by Gasteiger charge is -2.22. The van der Waals surface area contributed by atoms with Crippen LogP contribution in [0.2, 0.25) is 0 Å². The van der Waals surface area contributed by atoms with E-state index in [-0.39, 0.29) is 35.7 Å². The second kappa shape index (κ2) is 10.5. The molecule has 7 nitrogen and oxygen atoms in total. The van der Waals surface area contributed by atoms with Crippen LogP contribution in [0.5, 0.6) is 0 Å². The van der Waals surface area contributed by atoms with Gasteiger partial charge in [-0.25, -0.2) is 0 Å². The van der Waals surface area contributed by atoms with Crippen molar-refractivity contribution in [3.63, 3.8) is 0 Å². The highest BCUT2D eigenvalue weighted by molar-refractivity contribution is 14.1. The molecule has 0 heterocycles. The first-order valence-electron chi connectivity index (χ1n) is 5.98. The van der Waals surface area contributed by atoms with Crippen molar-refractivity contribution in [1.82, 2.24) is 5.32 Å². The van der Waals surface area contributed by atoms with Crippen molar-refractivity contribution in [3.8, 4) is 0 Å². The van der Waals surface area contributed by atoms with E-state index in [1.165, 1.54) is 0 Å². The number of hydrogen-bond donors (Lipinski definition) is 5. The lowest BCUT2D eigenvalue weighted by molar-refractivity contribution is -0.122. The first-order chi connectivity index (χ1) is 8.88. The molecule has 8 heteroatoms. The monoisotopic (exact) mass is 389 g/mol. The molecule has 0 aromatic heterocycles. The van der Waals surface area contributed by atoms with Crippen LogP contribution in [-0.4, -0.2) is 61.6 Å². The molecule has 0 aromatic rings. The Morgan fingerprint density at radius 2 is 1.74 bits per heavy atom. The molecule has 1 amide bonds. The normalized spacial score (nSPS) is 15.6. The Morgan fingerprint density at radius 1 is 1.11 bits per heavy atom. The summed E-state index contributed by atoms with van der Waals surface area (Å²) in [4.78, 5) is 22.0. The van der Waals surface area contributed by atoms with Gasteiger partial charge < -0.3 is 25.7 Å². The van der Waals surface area contributed by atoms with Crippen LogP contribution >= 0.6 is 22.6 Å². The molecular weight excluding hydrogens is 369 g/mol. The van der Waals surface area contributed by atoms with Gasteiger partial charge in [-0.05, 0) is 35.4 Å². The third-order valence-corrected chi connectivity index (χ3v) is 3.04. The standard InChI is InChI=1S/C11H20INO6/c12-9(17)2-1-3-10(18)13-6-8(16)11(19)7(15)4-5-14/h7-8,11,14-16,19H,1-6H2,(H,13,18)/t7-,8+,11+/m1/s1. The second-order valence-corrected chi connectivity index (χ2v) is 5.35. The highest BCUT2D eigenvalue weighted by Gasteiger charge is 2.24. The maximum atomic E-state index is 11.3. The minimum atomic E-state index is -1.43. The van der Waals surface area contributed by atoms with Gasteiger partial charge in [-0.15, -0.1) is 0 Å². The molecule has 0 aromatic carbocycles. The summed E-state index contributed by atoms with van der Waals surface area (Å²) in [6, 6.07) is 0. The van der Waals surface area contributed by atoms with E-state index in [4.69, 9.17) is 5.11 Å². The zero-order valence-electron chi connectivity index (χ0n) is 10.5. The van der Waals surface area contributed by atoms with Crippen LogP contribution in [0.4, 0.5) is 0 Å². The smallest absolute Gasteiger partial charge is 0.220 e. The number of aliphatic hydroxyl groups is 4. The number of nitrogens with one attached hydrogen (secondary N) is 1. The zero-order chi connectivity index (χ0) is 14.8. The Hall–Kier alpha value is -0.290. The van der Waals surface area contributed by atoms with E-state index in [0.717, 1.165) is 0 Å². The van der Waals surface area contributed by atoms with Crippen molar-refractivity contribution in [2.45, 2.75) is 44.0 Å². The molecule has 0 rings (SSSR count). The lowest BCUT2D eigenvalue weighted by Crippen LogP contribution is -2.44. The molecule has 0 aliphatic carbocycles. The summed E-state index contributed by atoms with van der Waals surface area (Å²) in [5.41, 5.74) is 0. The van der Waals surface area contributed by atoms with Gasteiger partial charge in [0.25, 0.3) is 0 Å². The first kappa shape index (κ1) is 18.7. The maximum Gasteiger partial charge on any atom is 0.220 e. The lowest BCUT2D eigenvalue weighted by atomic mass is 10.1. The number of carbonyl (C=O) groups is 2. The Kier molecular flexibility index (Phi) is 10.3. The van der Waals surface area contributed by atoms with E-state index in [2.05, 4.69) is 5.32 Å². The Morgan fingerprint density at radius 3 is 2.26 bits per heavy atom. The van der Waals surface area contributed by atoms with Gasteiger partial charge in [0.2, 0.25) is 5.91 Å². The molecule has 0 saturated heterocycles. The molecule has 0 radical (unpaired) electrons. The second-order valence-electron chi connectivity index (χ2n) is 4.15. The Bertz CT molecular complexity index is 288. The van der Waals surface area contributed by atoms with E-state index >= 15 is 0 Å². The van der Waals surface area contributed by atoms with E-state index in [0.29, 0.717) is 12.8 Å². The summed E-state index contributed by atoms with van der Waals surface area (Å²) in [6.45, 7) is -0.498. The van der Waals surface area contributed by atoms with E-state index < -0.39 is 18.3 Å². The molecule has 0 aliphatic heterocycles. The molecule has 5 N–H and O–H groups in total. The van der Waals surface area contributed by atoms with Crippen molar-refractivity contribution in [1.29, 1.82) is 0 Å². The van der Waals surface area contributed by atoms with Gasteiger partial charge in [0, 0.05) is 26.0 Å². The highest BCUT2D eigenvalue weighted by atomic mass is 127. The van der Waals surface area contributed by atoms with Crippen LogP contribution in [0, 0.1) is 0 Å². The van der Waals surface area contributed by atoms with Gasteiger partial charge in [-0.3, -0.25) is 9.59 Å². The number of amides is 1. The molecule has 0 fully saturated rings. The molecule has 0 unspecified atom stereocenters. The number of hydrogen-bond acceptors (Lipinski definition) is 6. The minimum absolute atomic E-state index is 0.0204. The molecule has 0 aliphatic rings. The minimum Gasteiger partial charge on any atom is -0.396 e. The molecule has 0 bridgehead atoms. The SMILES string of the molecule is O=C(I)CCCC(=O)NC[C@H](O)[C@@H](O)[C@H](O)CCO. The van der Waals surface area contributed by atoms with Crippen molar-refractivity contribution in [2.24, 2.45) is 0 Å². The third kappa shape index (κ3) is 9.27. The van der Waals surface area contributed by atoms with Gasteiger partial charge in [-0.2, -0.15) is 0 Å². The van der Waals surface area contributed by atoms with Crippen molar-refractivity contribution < 1.29 is 30.0 Å². The fourth-order valence-corrected chi connectivity index (χ4v) is 1.76. The average molecular weight is 389 g/mol. The van der Waals surface area contributed by atoms with Gasteiger partial charge >= 0.3 is 0 Å². The topological polar surface area (TPSA) is 127 Å². The van der Waals surface area contributed by atoms with E-state index in [1.807, 2.05) is 0 Å². The van der Waals surface area contributed by atoms with Crippen LogP contribution < -0.4 is 5.32 Å². The highest BCUT2D eigenvalue weighted by Crippen LogP contribution is 2.04. The van der Waals surface area contributed by atoms with Crippen molar-refractivity contribution in [3.05, 3.63) is 0 Å². The molecule has 3 atom stereocenters. The fourth-order valence-electron chi connectivity index (χ4n) is 1.37. The average Bonchev–Trinajstić information content (AvgIpc) is 2.34. The van der Waals surface area contributed by atoms with Crippen LogP contribution in [0.15, 0.2) is 0 Å². The molecule has 19 heavy (non-hydrogen) atoms. The van der Waals surface area contributed by atoms with Gasteiger partial charge in [-0.1, -0.05) is 0 Å². The van der Waals surface area contributed by atoms with Crippen LogP contribution in [0.25, 0.3) is 0 Å². The molecule has 0 spiro atoms. The van der Waals surface area contributed by atoms with Gasteiger partial charge in [0.1, 0.15) is 6.10 Å². The quantitative estimate of drug-likeness (QED) is 0.234.